The Morgan fingerprint density at radius 2 is 2.10 bits per heavy atom. The van der Waals surface area contributed by atoms with Crippen LogP contribution in [0.1, 0.15) is 38.1 Å². The number of aliphatic carboxylic acids is 1. The van der Waals surface area contributed by atoms with E-state index in [4.69, 9.17) is 5.11 Å². The number of rotatable bonds is 7. The lowest BCUT2D eigenvalue weighted by Gasteiger charge is -2.31. The zero-order valence-electron chi connectivity index (χ0n) is 13.0. The van der Waals surface area contributed by atoms with Crippen molar-refractivity contribution >= 4 is 23.2 Å². The van der Waals surface area contributed by atoms with E-state index in [1.807, 2.05) is 17.5 Å². The number of thiophene rings is 1. The van der Waals surface area contributed by atoms with E-state index in [0.29, 0.717) is 6.54 Å². The second-order valence-electron chi connectivity index (χ2n) is 6.26. The molecule has 0 aliphatic rings. The Hall–Kier alpha value is -1.40. The Kier molecular flexibility index (Phi) is 6.36. The largest absolute Gasteiger partial charge is 0.481 e. The Labute approximate surface area is 130 Å². The average molecular weight is 312 g/mol. The molecule has 0 aliphatic heterocycles. The predicted molar refractivity (Wildman–Crippen MR) is 84.4 cm³/mol. The van der Waals surface area contributed by atoms with E-state index in [9.17, 15) is 9.59 Å². The first-order valence-corrected chi connectivity index (χ1v) is 7.81. The molecular formula is C15H24N2O3S. The van der Waals surface area contributed by atoms with Crippen molar-refractivity contribution in [1.82, 2.24) is 10.2 Å². The van der Waals surface area contributed by atoms with Crippen LogP contribution in [0.5, 0.6) is 0 Å². The quantitative estimate of drug-likeness (QED) is 0.811. The van der Waals surface area contributed by atoms with Crippen molar-refractivity contribution in [2.24, 2.45) is 5.41 Å². The van der Waals surface area contributed by atoms with Gasteiger partial charge in [-0.3, -0.25) is 14.5 Å². The number of carboxylic acids is 1. The molecule has 1 rings (SSSR count). The Morgan fingerprint density at radius 3 is 2.57 bits per heavy atom. The van der Waals surface area contributed by atoms with Crippen molar-refractivity contribution in [3.8, 4) is 0 Å². The van der Waals surface area contributed by atoms with Gasteiger partial charge in [-0.2, -0.15) is 0 Å². The van der Waals surface area contributed by atoms with Gasteiger partial charge in [0.25, 0.3) is 0 Å². The number of nitrogens with zero attached hydrogens (tertiary/aromatic N) is 1. The molecule has 1 heterocycles. The van der Waals surface area contributed by atoms with E-state index in [1.54, 1.807) is 23.3 Å². The smallest absolute Gasteiger partial charge is 0.304 e. The number of nitrogens with one attached hydrogen (secondary N) is 1. The minimum atomic E-state index is -0.853. The van der Waals surface area contributed by atoms with Gasteiger partial charge in [-0.1, -0.05) is 26.8 Å². The molecule has 118 valence electrons. The highest BCUT2D eigenvalue weighted by Crippen LogP contribution is 2.34. The molecule has 1 unspecified atom stereocenters. The van der Waals surface area contributed by atoms with Crippen molar-refractivity contribution in [2.45, 2.75) is 33.2 Å². The lowest BCUT2D eigenvalue weighted by molar-refractivity contribution is -0.137. The predicted octanol–water partition coefficient (Wildman–Crippen LogP) is 2.36. The SMILES string of the molecule is CN(CCC(=O)O)CC(=O)NC(c1cccs1)C(C)(C)C. The summed E-state index contributed by atoms with van der Waals surface area (Å²) in [5.74, 6) is -0.940. The van der Waals surface area contributed by atoms with Crippen LogP contribution >= 0.6 is 11.3 Å². The Bertz CT molecular complexity index is 466. The van der Waals surface area contributed by atoms with Crippen LogP contribution in [-0.2, 0) is 9.59 Å². The van der Waals surface area contributed by atoms with Crippen LogP contribution in [0.4, 0.5) is 0 Å². The molecule has 0 aromatic carbocycles. The lowest BCUT2D eigenvalue weighted by Crippen LogP contribution is -2.41. The fourth-order valence-corrected chi connectivity index (χ4v) is 3.01. The summed E-state index contributed by atoms with van der Waals surface area (Å²) in [7, 11) is 1.75. The topological polar surface area (TPSA) is 69.6 Å². The highest BCUT2D eigenvalue weighted by atomic mass is 32.1. The van der Waals surface area contributed by atoms with Crippen molar-refractivity contribution in [3.05, 3.63) is 22.4 Å². The molecule has 5 nitrogen and oxygen atoms in total. The third kappa shape index (κ3) is 6.27. The van der Waals surface area contributed by atoms with Gasteiger partial charge in [0.2, 0.25) is 5.91 Å². The molecule has 0 radical (unpaired) electrons. The third-order valence-electron chi connectivity index (χ3n) is 3.12. The molecule has 21 heavy (non-hydrogen) atoms. The van der Waals surface area contributed by atoms with Gasteiger partial charge in [0.1, 0.15) is 0 Å². The summed E-state index contributed by atoms with van der Waals surface area (Å²) in [6.07, 6.45) is 0.0391. The highest BCUT2D eigenvalue weighted by Gasteiger charge is 2.28. The minimum Gasteiger partial charge on any atom is -0.481 e. The zero-order chi connectivity index (χ0) is 16.0. The molecular weight excluding hydrogens is 288 g/mol. The molecule has 1 amide bonds. The number of carbonyl (C=O) groups excluding carboxylic acids is 1. The molecule has 2 N–H and O–H groups in total. The van der Waals surface area contributed by atoms with Crippen LogP contribution in [-0.4, -0.2) is 42.0 Å². The monoisotopic (exact) mass is 312 g/mol. The fourth-order valence-electron chi connectivity index (χ4n) is 1.99. The standard InChI is InChI=1S/C15H24N2O3S/c1-15(2,3)14(11-6-5-9-21-11)16-12(18)10-17(4)8-7-13(19)20/h5-6,9,14H,7-8,10H2,1-4H3,(H,16,18)(H,19,20). The van der Waals surface area contributed by atoms with Crippen molar-refractivity contribution < 1.29 is 14.7 Å². The fraction of sp³-hybridized carbons (Fsp3) is 0.600. The number of hydrogen-bond acceptors (Lipinski definition) is 4. The molecule has 0 saturated carbocycles. The second kappa shape index (κ2) is 7.56. The van der Waals surface area contributed by atoms with E-state index in [1.165, 1.54) is 0 Å². The van der Waals surface area contributed by atoms with Crippen molar-refractivity contribution in [1.29, 1.82) is 0 Å². The molecule has 1 aromatic rings. The van der Waals surface area contributed by atoms with Crippen LogP contribution in [0.2, 0.25) is 0 Å². The van der Waals surface area contributed by atoms with Crippen molar-refractivity contribution in [3.63, 3.8) is 0 Å². The van der Waals surface area contributed by atoms with E-state index in [0.717, 1.165) is 4.88 Å². The number of amides is 1. The summed E-state index contributed by atoms with van der Waals surface area (Å²) >= 11 is 1.63. The van der Waals surface area contributed by atoms with E-state index < -0.39 is 5.97 Å². The first kappa shape index (κ1) is 17.7. The summed E-state index contributed by atoms with van der Waals surface area (Å²) in [4.78, 5) is 25.5. The minimum absolute atomic E-state index is 0.0391. The van der Waals surface area contributed by atoms with Gasteiger partial charge < -0.3 is 10.4 Å². The van der Waals surface area contributed by atoms with Gasteiger partial charge in [0.05, 0.1) is 19.0 Å². The van der Waals surface area contributed by atoms with Crippen LogP contribution in [0.25, 0.3) is 0 Å². The maximum atomic E-state index is 12.2. The summed E-state index contributed by atoms with van der Waals surface area (Å²) in [5, 5.41) is 13.7. The number of likely N-dealkylation sites (N-methyl/N-ethyl adjacent to an activating group) is 1. The van der Waals surface area contributed by atoms with Crippen molar-refractivity contribution in [2.75, 3.05) is 20.1 Å². The van der Waals surface area contributed by atoms with Crippen LogP contribution < -0.4 is 5.32 Å². The van der Waals surface area contributed by atoms with Gasteiger partial charge in [-0.25, -0.2) is 0 Å². The van der Waals surface area contributed by atoms with Crippen LogP contribution in [0, 0.1) is 5.41 Å². The number of hydrogen-bond donors (Lipinski definition) is 2. The van der Waals surface area contributed by atoms with Gasteiger partial charge in [0.15, 0.2) is 0 Å². The summed E-state index contributed by atoms with van der Waals surface area (Å²) in [6.45, 7) is 6.83. The molecule has 1 aromatic heterocycles. The summed E-state index contributed by atoms with van der Waals surface area (Å²) in [5.41, 5.74) is -0.0832. The number of carboxylic acid groups (broad SMARTS) is 1. The molecule has 0 fully saturated rings. The Morgan fingerprint density at radius 1 is 1.43 bits per heavy atom. The summed E-state index contributed by atoms with van der Waals surface area (Å²) < 4.78 is 0. The molecule has 0 bridgehead atoms. The normalized spacial score (nSPS) is 13.2. The number of carbonyl (C=O) groups is 2. The van der Waals surface area contributed by atoms with Gasteiger partial charge in [-0.15, -0.1) is 11.3 Å². The first-order chi connectivity index (χ1) is 9.70. The highest BCUT2D eigenvalue weighted by molar-refractivity contribution is 7.10. The van der Waals surface area contributed by atoms with Gasteiger partial charge >= 0.3 is 5.97 Å². The van der Waals surface area contributed by atoms with Crippen LogP contribution in [0.3, 0.4) is 0 Å². The molecule has 0 saturated heterocycles. The average Bonchev–Trinajstić information content (AvgIpc) is 2.85. The zero-order valence-corrected chi connectivity index (χ0v) is 13.9. The van der Waals surface area contributed by atoms with Crippen LogP contribution in [0.15, 0.2) is 17.5 Å². The summed E-state index contributed by atoms with van der Waals surface area (Å²) in [6, 6.07) is 3.96. The maximum absolute atomic E-state index is 12.2. The third-order valence-corrected chi connectivity index (χ3v) is 4.06. The van der Waals surface area contributed by atoms with E-state index in [-0.39, 0.29) is 30.3 Å². The van der Waals surface area contributed by atoms with E-state index in [2.05, 4.69) is 26.1 Å². The molecule has 0 aliphatic carbocycles. The Balaban J connectivity index is 2.59. The lowest BCUT2D eigenvalue weighted by atomic mass is 9.85. The molecule has 1 atom stereocenters. The van der Waals surface area contributed by atoms with Gasteiger partial charge in [-0.05, 0) is 23.9 Å². The molecule has 0 spiro atoms. The maximum Gasteiger partial charge on any atom is 0.304 e. The first-order valence-electron chi connectivity index (χ1n) is 6.93. The second-order valence-corrected chi connectivity index (χ2v) is 7.24. The molecule has 6 heteroatoms. The van der Waals surface area contributed by atoms with Gasteiger partial charge in [0, 0.05) is 11.4 Å². The van der Waals surface area contributed by atoms with E-state index >= 15 is 0 Å².